The van der Waals surface area contributed by atoms with Gasteiger partial charge in [-0.15, -0.1) is 10.2 Å². The number of carbonyl (C=O) groups excluding carboxylic acids is 1. The summed E-state index contributed by atoms with van der Waals surface area (Å²) in [7, 11) is 1.74. The van der Waals surface area contributed by atoms with Gasteiger partial charge in [0.15, 0.2) is 5.82 Å². The van der Waals surface area contributed by atoms with Crippen molar-refractivity contribution >= 4 is 11.8 Å². The zero-order valence-corrected chi connectivity index (χ0v) is 14.6. The second-order valence-electron chi connectivity index (χ2n) is 5.74. The van der Waals surface area contributed by atoms with E-state index in [0.29, 0.717) is 18.1 Å². The van der Waals surface area contributed by atoms with E-state index in [4.69, 9.17) is 0 Å². The van der Waals surface area contributed by atoms with Crippen molar-refractivity contribution in [1.82, 2.24) is 35.7 Å². The summed E-state index contributed by atoms with van der Waals surface area (Å²) < 4.78 is 14.9. The average molecular weight is 358 g/mol. The highest BCUT2D eigenvalue weighted by atomic mass is 19.1. The Bertz CT molecular complexity index is 888. The molecule has 0 spiro atoms. The molecule has 136 valence electrons. The normalized spacial score (nSPS) is 12.0. The lowest BCUT2D eigenvalue weighted by Crippen LogP contribution is -2.32. The van der Waals surface area contributed by atoms with Crippen LogP contribution in [0.25, 0.3) is 11.1 Å². The minimum atomic E-state index is -0.434. The van der Waals surface area contributed by atoms with Gasteiger partial charge in [0.1, 0.15) is 11.6 Å². The van der Waals surface area contributed by atoms with Gasteiger partial charge >= 0.3 is 6.03 Å². The highest BCUT2D eigenvalue weighted by molar-refractivity contribution is 5.94. The molecule has 3 rings (SSSR count). The smallest absolute Gasteiger partial charge is 0.320 e. The van der Waals surface area contributed by atoms with Gasteiger partial charge in [-0.1, -0.05) is 24.3 Å². The Kier molecular flexibility index (Phi) is 4.92. The van der Waals surface area contributed by atoms with E-state index in [2.05, 4.69) is 36.4 Å². The van der Waals surface area contributed by atoms with Gasteiger partial charge in [0, 0.05) is 12.6 Å². The van der Waals surface area contributed by atoms with Crippen molar-refractivity contribution < 1.29 is 9.18 Å². The summed E-state index contributed by atoms with van der Waals surface area (Å²) in [4.78, 5) is 12.4. The van der Waals surface area contributed by atoms with Gasteiger partial charge in [0.2, 0.25) is 0 Å². The third kappa shape index (κ3) is 3.53. The molecular weight excluding hydrogens is 339 g/mol. The van der Waals surface area contributed by atoms with Crippen LogP contribution in [0, 0.1) is 5.82 Å². The fourth-order valence-corrected chi connectivity index (χ4v) is 2.65. The highest BCUT2D eigenvalue weighted by Crippen LogP contribution is 2.32. The fraction of sp³-hybridized carbons (Fsp3) is 0.312. The molecule has 3 N–H and O–H groups in total. The number of aryl methyl sites for hydroxylation is 2. The van der Waals surface area contributed by atoms with Crippen LogP contribution in [0.5, 0.6) is 0 Å². The number of carbonyl (C=O) groups is 1. The number of anilines is 1. The number of hydrogen-bond donors (Lipinski definition) is 3. The molecule has 10 heteroatoms. The summed E-state index contributed by atoms with van der Waals surface area (Å²) >= 11 is 0. The molecule has 1 unspecified atom stereocenters. The Morgan fingerprint density at radius 3 is 2.69 bits per heavy atom. The Balaban J connectivity index is 1.86. The number of nitrogens with one attached hydrogen (secondary N) is 3. The third-order valence-electron chi connectivity index (χ3n) is 3.92. The monoisotopic (exact) mass is 358 g/mol. The number of tetrazole rings is 1. The van der Waals surface area contributed by atoms with Crippen molar-refractivity contribution in [2.45, 2.75) is 26.3 Å². The Morgan fingerprint density at radius 2 is 2.08 bits per heavy atom. The topological polar surface area (TPSA) is 113 Å². The van der Waals surface area contributed by atoms with Crippen LogP contribution in [0.2, 0.25) is 0 Å². The van der Waals surface area contributed by atoms with E-state index < -0.39 is 12.1 Å². The molecule has 1 aromatic carbocycles. The minimum Gasteiger partial charge on any atom is -0.328 e. The van der Waals surface area contributed by atoms with Crippen LogP contribution in [0.3, 0.4) is 0 Å². The van der Waals surface area contributed by atoms with Crippen molar-refractivity contribution in [3.8, 4) is 11.1 Å². The number of H-pyrrole nitrogens is 1. The maximum Gasteiger partial charge on any atom is 0.320 e. The molecule has 0 aliphatic carbocycles. The number of rotatable bonds is 5. The molecule has 0 saturated heterocycles. The van der Waals surface area contributed by atoms with Crippen molar-refractivity contribution in [3.05, 3.63) is 41.6 Å². The molecule has 3 aromatic rings. The molecule has 0 aliphatic rings. The van der Waals surface area contributed by atoms with Crippen molar-refractivity contribution in [3.63, 3.8) is 0 Å². The van der Waals surface area contributed by atoms with Gasteiger partial charge in [-0.3, -0.25) is 10.00 Å². The molecule has 0 saturated carbocycles. The Hall–Kier alpha value is -3.30. The summed E-state index contributed by atoms with van der Waals surface area (Å²) in [6, 6.07) is 5.22. The second-order valence-corrected chi connectivity index (χ2v) is 5.74. The number of halogens is 1. The molecular formula is C16H19FN8O. The van der Waals surface area contributed by atoms with Crippen LogP contribution in [0.4, 0.5) is 15.0 Å². The molecule has 0 aliphatic heterocycles. The molecule has 9 nitrogen and oxygen atoms in total. The molecule has 26 heavy (non-hydrogen) atoms. The van der Waals surface area contributed by atoms with Gasteiger partial charge in [0.25, 0.3) is 0 Å². The molecule has 0 radical (unpaired) electrons. The van der Waals surface area contributed by atoms with Crippen LogP contribution < -0.4 is 10.6 Å². The molecule has 1 atom stereocenters. The van der Waals surface area contributed by atoms with Crippen molar-refractivity contribution in [1.29, 1.82) is 0 Å². The lowest BCUT2D eigenvalue weighted by Gasteiger charge is -2.13. The number of aromatic amines is 1. The molecule has 2 aromatic heterocycles. The summed E-state index contributed by atoms with van der Waals surface area (Å²) in [5.74, 6) is 0.571. The molecule has 0 fully saturated rings. The number of urea groups is 1. The number of hydrogen-bond acceptors (Lipinski definition) is 5. The summed E-state index contributed by atoms with van der Waals surface area (Å²) in [5.41, 5.74) is 2.34. The molecule has 2 amide bonds. The minimum absolute atomic E-state index is 0.322. The van der Waals surface area contributed by atoms with Gasteiger partial charge in [-0.05, 0) is 31.0 Å². The van der Waals surface area contributed by atoms with Crippen molar-refractivity contribution in [2.75, 3.05) is 5.32 Å². The first-order valence-electron chi connectivity index (χ1n) is 8.12. The lowest BCUT2D eigenvalue weighted by molar-refractivity contribution is 0.248. The van der Waals surface area contributed by atoms with E-state index in [1.807, 2.05) is 6.92 Å². The van der Waals surface area contributed by atoms with E-state index in [1.165, 1.54) is 12.1 Å². The van der Waals surface area contributed by atoms with Crippen LogP contribution >= 0.6 is 0 Å². The SMILES string of the molecule is CCc1nn(C)c(NC(=O)NC(C)c2nn[nH]n2)c1-c1ccc(F)cc1. The second kappa shape index (κ2) is 7.30. The predicted octanol–water partition coefficient (Wildman–Crippen LogP) is 2.18. The van der Waals surface area contributed by atoms with E-state index in [1.54, 1.807) is 30.8 Å². The first kappa shape index (κ1) is 17.5. The quantitative estimate of drug-likeness (QED) is 0.647. The number of nitrogens with zero attached hydrogens (tertiary/aromatic N) is 5. The zero-order chi connectivity index (χ0) is 18.7. The molecule has 2 heterocycles. The lowest BCUT2D eigenvalue weighted by atomic mass is 10.0. The number of aromatic nitrogens is 6. The van der Waals surface area contributed by atoms with Gasteiger partial charge in [0.05, 0.1) is 11.7 Å². The largest absolute Gasteiger partial charge is 0.328 e. The Labute approximate surface area is 149 Å². The van der Waals surface area contributed by atoms with E-state index in [9.17, 15) is 9.18 Å². The van der Waals surface area contributed by atoms with E-state index >= 15 is 0 Å². The predicted molar refractivity (Wildman–Crippen MR) is 92.7 cm³/mol. The maximum atomic E-state index is 13.3. The Morgan fingerprint density at radius 1 is 1.35 bits per heavy atom. The van der Waals surface area contributed by atoms with Crippen LogP contribution in [0.1, 0.15) is 31.4 Å². The summed E-state index contributed by atoms with van der Waals surface area (Å²) in [6.07, 6.45) is 0.670. The van der Waals surface area contributed by atoms with Gasteiger partial charge in [-0.2, -0.15) is 10.3 Å². The van der Waals surface area contributed by atoms with Crippen LogP contribution in [0.15, 0.2) is 24.3 Å². The first-order chi connectivity index (χ1) is 12.5. The maximum absolute atomic E-state index is 13.3. The summed E-state index contributed by atoms with van der Waals surface area (Å²) in [5, 5.41) is 23.5. The highest BCUT2D eigenvalue weighted by Gasteiger charge is 2.20. The van der Waals surface area contributed by atoms with Crippen molar-refractivity contribution in [2.24, 2.45) is 7.05 Å². The third-order valence-corrected chi connectivity index (χ3v) is 3.92. The van der Waals surface area contributed by atoms with Gasteiger partial charge < -0.3 is 5.32 Å². The number of benzene rings is 1. The zero-order valence-electron chi connectivity index (χ0n) is 14.6. The average Bonchev–Trinajstić information content (AvgIpc) is 3.25. The van der Waals surface area contributed by atoms with Crippen LogP contribution in [-0.2, 0) is 13.5 Å². The van der Waals surface area contributed by atoms with E-state index in [0.717, 1.165) is 16.8 Å². The summed E-state index contributed by atoms with van der Waals surface area (Å²) in [6.45, 7) is 3.71. The standard InChI is InChI=1S/C16H19FN8O/c1-4-12-13(10-5-7-11(17)8-6-10)15(25(3)22-12)19-16(26)18-9(2)14-20-23-24-21-14/h5-9H,4H2,1-3H3,(H2,18,19,26)(H,20,21,23,24). The fourth-order valence-electron chi connectivity index (χ4n) is 2.65. The number of amides is 2. The molecule has 0 bridgehead atoms. The van der Waals surface area contributed by atoms with E-state index in [-0.39, 0.29) is 5.82 Å². The van der Waals surface area contributed by atoms with Gasteiger partial charge in [-0.25, -0.2) is 9.18 Å². The van der Waals surface area contributed by atoms with Crippen LogP contribution in [-0.4, -0.2) is 36.4 Å². The first-order valence-corrected chi connectivity index (χ1v) is 8.12.